The van der Waals surface area contributed by atoms with Crippen LogP contribution >= 0.6 is 35.4 Å². The Hall–Kier alpha value is -1.82. The van der Waals surface area contributed by atoms with Gasteiger partial charge in [0.2, 0.25) is 5.91 Å². The van der Waals surface area contributed by atoms with Crippen LogP contribution in [0.25, 0.3) is 0 Å². The quantitative estimate of drug-likeness (QED) is 0.744. The number of rotatable bonds is 4. The highest BCUT2D eigenvalue weighted by Crippen LogP contribution is 2.24. The van der Waals surface area contributed by atoms with Crippen molar-refractivity contribution in [2.45, 2.75) is 19.4 Å². The van der Waals surface area contributed by atoms with Crippen LogP contribution in [0.3, 0.4) is 0 Å². The zero-order chi connectivity index (χ0) is 17.8. The number of amides is 1. The molecule has 1 aliphatic rings. The van der Waals surface area contributed by atoms with Crippen molar-refractivity contribution in [2.75, 3.05) is 16.8 Å². The van der Waals surface area contributed by atoms with Gasteiger partial charge >= 0.3 is 0 Å². The highest BCUT2D eigenvalue weighted by Gasteiger charge is 2.21. The monoisotopic (exact) mass is 393 g/mol. The first-order chi connectivity index (χ1) is 12.0. The van der Waals surface area contributed by atoms with Crippen molar-refractivity contribution in [1.29, 1.82) is 0 Å². The van der Waals surface area contributed by atoms with E-state index in [0.717, 1.165) is 29.9 Å². The van der Waals surface area contributed by atoms with Crippen LogP contribution < -0.4 is 15.5 Å². The van der Waals surface area contributed by atoms with Crippen molar-refractivity contribution in [1.82, 2.24) is 5.32 Å². The molecule has 1 heterocycles. The second-order valence-electron chi connectivity index (χ2n) is 5.74. The van der Waals surface area contributed by atoms with E-state index in [-0.39, 0.29) is 5.91 Å². The maximum Gasteiger partial charge on any atom is 0.227 e. The molecule has 1 aliphatic heterocycles. The van der Waals surface area contributed by atoms with Crippen molar-refractivity contribution in [2.24, 2.45) is 0 Å². The van der Waals surface area contributed by atoms with E-state index in [1.165, 1.54) is 0 Å². The van der Waals surface area contributed by atoms with Gasteiger partial charge in [0.1, 0.15) is 0 Å². The predicted molar refractivity (Wildman–Crippen MR) is 108 cm³/mol. The molecule has 7 heteroatoms. The normalized spacial score (nSPS) is 13.8. The molecule has 4 nitrogen and oxygen atoms in total. The molecule has 0 atom stereocenters. The van der Waals surface area contributed by atoms with Gasteiger partial charge in [-0.1, -0.05) is 35.3 Å². The fourth-order valence-electron chi connectivity index (χ4n) is 2.69. The summed E-state index contributed by atoms with van der Waals surface area (Å²) < 4.78 is 0. The molecular weight excluding hydrogens is 377 g/mol. The van der Waals surface area contributed by atoms with E-state index in [1.54, 1.807) is 17.0 Å². The molecule has 1 saturated heterocycles. The number of nitrogens with one attached hydrogen (secondary N) is 2. The summed E-state index contributed by atoms with van der Waals surface area (Å²) in [6.45, 7) is 1.26. The van der Waals surface area contributed by atoms with Gasteiger partial charge in [-0.2, -0.15) is 0 Å². The molecule has 3 rings (SSSR count). The van der Waals surface area contributed by atoms with Crippen LogP contribution in [0.15, 0.2) is 42.5 Å². The van der Waals surface area contributed by atoms with Crippen molar-refractivity contribution in [3.8, 4) is 0 Å². The number of halogens is 2. The standard InChI is InChI=1S/C18H17Cl2N3OS/c19-13-7-6-12(16(20)9-13)11-21-18(25)22-14-3-1-4-15(10-14)23-8-2-5-17(23)24/h1,3-4,6-7,9-10H,2,5,8,11H2,(H2,21,22,25). The van der Waals surface area contributed by atoms with Gasteiger partial charge in [0.15, 0.2) is 5.11 Å². The summed E-state index contributed by atoms with van der Waals surface area (Å²) in [5.74, 6) is 0.162. The first-order valence-corrected chi connectivity index (χ1v) is 9.08. The van der Waals surface area contributed by atoms with Crippen LogP contribution in [0, 0.1) is 0 Å². The molecule has 25 heavy (non-hydrogen) atoms. The zero-order valence-electron chi connectivity index (χ0n) is 13.4. The number of benzene rings is 2. The lowest BCUT2D eigenvalue weighted by Gasteiger charge is -2.17. The third-order valence-corrected chi connectivity index (χ3v) is 4.78. The van der Waals surface area contributed by atoms with E-state index >= 15 is 0 Å². The van der Waals surface area contributed by atoms with E-state index < -0.39 is 0 Å². The second kappa shape index (κ2) is 8.04. The highest BCUT2D eigenvalue weighted by molar-refractivity contribution is 7.80. The van der Waals surface area contributed by atoms with Crippen molar-refractivity contribution >= 4 is 57.8 Å². The molecule has 1 amide bonds. The fourth-order valence-corrected chi connectivity index (χ4v) is 3.35. The summed E-state index contributed by atoms with van der Waals surface area (Å²) in [6.07, 6.45) is 1.51. The summed E-state index contributed by atoms with van der Waals surface area (Å²) >= 11 is 17.4. The van der Waals surface area contributed by atoms with Crippen LogP contribution in [0.2, 0.25) is 10.0 Å². The molecular formula is C18H17Cl2N3OS. The Morgan fingerprint density at radius 2 is 2.04 bits per heavy atom. The lowest BCUT2D eigenvalue weighted by Crippen LogP contribution is -2.28. The smallest absolute Gasteiger partial charge is 0.227 e. The molecule has 0 aromatic heterocycles. The minimum atomic E-state index is 0.162. The van der Waals surface area contributed by atoms with Gasteiger partial charge in [0, 0.05) is 40.9 Å². The van der Waals surface area contributed by atoms with Gasteiger partial charge in [0.05, 0.1) is 0 Å². The molecule has 2 aromatic rings. The summed E-state index contributed by atoms with van der Waals surface area (Å²) in [5.41, 5.74) is 2.62. The Labute approximate surface area is 162 Å². The maximum absolute atomic E-state index is 11.9. The Bertz CT molecular complexity index is 813. The van der Waals surface area contributed by atoms with Gasteiger partial charge in [0.25, 0.3) is 0 Å². The molecule has 2 N–H and O–H groups in total. The highest BCUT2D eigenvalue weighted by atomic mass is 35.5. The lowest BCUT2D eigenvalue weighted by molar-refractivity contribution is -0.117. The summed E-state index contributed by atoms with van der Waals surface area (Å²) in [4.78, 5) is 13.7. The van der Waals surface area contributed by atoms with E-state index in [0.29, 0.717) is 28.1 Å². The molecule has 0 saturated carbocycles. The molecule has 2 aromatic carbocycles. The summed E-state index contributed by atoms with van der Waals surface area (Å²) in [7, 11) is 0. The molecule has 1 fully saturated rings. The predicted octanol–water partition coefficient (Wildman–Crippen LogP) is 4.61. The summed E-state index contributed by atoms with van der Waals surface area (Å²) in [5, 5.41) is 7.93. The number of anilines is 2. The van der Waals surface area contributed by atoms with E-state index in [9.17, 15) is 4.79 Å². The number of carbonyl (C=O) groups is 1. The minimum Gasteiger partial charge on any atom is -0.358 e. The van der Waals surface area contributed by atoms with Crippen molar-refractivity contribution < 1.29 is 4.79 Å². The Morgan fingerprint density at radius 1 is 1.20 bits per heavy atom. The van der Waals surface area contributed by atoms with Crippen molar-refractivity contribution in [3.05, 3.63) is 58.1 Å². The van der Waals surface area contributed by atoms with Gasteiger partial charge < -0.3 is 15.5 Å². The van der Waals surface area contributed by atoms with Crippen LogP contribution in [-0.2, 0) is 11.3 Å². The van der Waals surface area contributed by atoms with Gasteiger partial charge in [-0.3, -0.25) is 4.79 Å². The topological polar surface area (TPSA) is 44.4 Å². The Kier molecular flexibility index (Phi) is 5.78. The molecule has 0 spiro atoms. The largest absolute Gasteiger partial charge is 0.358 e. The van der Waals surface area contributed by atoms with Crippen molar-refractivity contribution in [3.63, 3.8) is 0 Å². The molecule has 130 valence electrons. The van der Waals surface area contributed by atoms with Crippen LogP contribution in [-0.4, -0.2) is 17.6 Å². The first-order valence-electron chi connectivity index (χ1n) is 7.92. The number of hydrogen-bond acceptors (Lipinski definition) is 2. The van der Waals surface area contributed by atoms with Gasteiger partial charge in [-0.05, 0) is 54.5 Å². The van der Waals surface area contributed by atoms with E-state index in [4.69, 9.17) is 35.4 Å². The maximum atomic E-state index is 11.9. The van der Waals surface area contributed by atoms with Crippen LogP contribution in [0.5, 0.6) is 0 Å². The number of carbonyl (C=O) groups excluding carboxylic acids is 1. The minimum absolute atomic E-state index is 0.162. The van der Waals surface area contributed by atoms with Gasteiger partial charge in [-0.15, -0.1) is 0 Å². The SMILES string of the molecule is O=C1CCCN1c1cccc(NC(=S)NCc2ccc(Cl)cc2Cl)c1. The second-order valence-corrected chi connectivity index (χ2v) is 6.99. The first kappa shape index (κ1) is 18.0. The molecule has 0 aliphatic carbocycles. The summed E-state index contributed by atoms with van der Waals surface area (Å²) in [6, 6.07) is 13.0. The molecule has 0 bridgehead atoms. The van der Waals surface area contributed by atoms with Crippen LogP contribution in [0.1, 0.15) is 18.4 Å². The van der Waals surface area contributed by atoms with Gasteiger partial charge in [-0.25, -0.2) is 0 Å². The Balaban J connectivity index is 1.60. The fraction of sp³-hybridized carbons (Fsp3) is 0.222. The third kappa shape index (κ3) is 4.63. The third-order valence-electron chi connectivity index (χ3n) is 3.94. The number of hydrogen-bond donors (Lipinski definition) is 2. The lowest BCUT2D eigenvalue weighted by atomic mass is 10.2. The van der Waals surface area contributed by atoms with E-state index in [1.807, 2.05) is 30.3 Å². The zero-order valence-corrected chi connectivity index (χ0v) is 15.7. The van der Waals surface area contributed by atoms with Crippen LogP contribution in [0.4, 0.5) is 11.4 Å². The number of nitrogens with zero attached hydrogens (tertiary/aromatic N) is 1. The molecule has 0 radical (unpaired) electrons. The number of thiocarbonyl (C=S) groups is 1. The average molecular weight is 394 g/mol. The average Bonchev–Trinajstić information content (AvgIpc) is 3.00. The van der Waals surface area contributed by atoms with E-state index in [2.05, 4.69) is 10.6 Å². The Morgan fingerprint density at radius 3 is 2.76 bits per heavy atom. The molecule has 0 unspecified atom stereocenters.